The van der Waals surface area contributed by atoms with Crippen LogP contribution in [-0.4, -0.2) is 60.3 Å². The quantitative estimate of drug-likeness (QED) is 0.192. The third-order valence-corrected chi connectivity index (χ3v) is 5.66. The molecule has 2 N–H and O–H groups in total. The van der Waals surface area contributed by atoms with Gasteiger partial charge in [-0.1, -0.05) is 12.1 Å². The van der Waals surface area contributed by atoms with Gasteiger partial charge in [-0.25, -0.2) is 18.4 Å². The monoisotopic (exact) mass is 560 g/mol. The van der Waals surface area contributed by atoms with Crippen LogP contribution in [0.4, 0.5) is 32.4 Å². The fourth-order valence-corrected chi connectivity index (χ4v) is 3.63. The van der Waals surface area contributed by atoms with Gasteiger partial charge < -0.3 is 24.8 Å². The van der Waals surface area contributed by atoms with E-state index in [1.807, 2.05) is 0 Å². The zero-order valence-electron chi connectivity index (χ0n) is 21.8. The molecule has 0 fully saturated rings. The molecule has 0 aliphatic heterocycles. The lowest BCUT2D eigenvalue weighted by molar-refractivity contribution is -0.150. The van der Waals surface area contributed by atoms with Crippen molar-refractivity contribution in [2.45, 2.75) is 57.7 Å². The second kappa shape index (κ2) is 14.7. The van der Waals surface area contributed by atoms with Gasteiger partial charge in [-0.15, -0.1) is 0 Å². The lowest BCUT2D eigenvalue weighted by Gasteiger charge is -2.24. The van der Waals surface area contributed by atoms with Crippen molar-refractivity contribution in [1.29, 1.82) is 0 Å². The lowest BCUT2D eigenvalue weighted by Crippen LogP contribution is -2.38. The number of unbranched alkanes of at least 4 members (excludes halogenated alkanes) is 1. The SMILES string of the molecule is CCOC(Cc1ccc(OCCN(CCCCC(C)(F)F)C(=O)Nc2ccc(C(F)(F)F)cc2)cc1)C(=O)O. The number of hydrogen-bond acceptors (Lipinski definition) is 4. The minimum atomic E-state index is -4.51. The van der Waals surface area contributed by atoms with Crippen LogP contribution >= 0.6 is 0 Å². The summed E-state index contributed by atoms with van der Waals surface area (Å²) in [5, 5.41) is 11.7. The molecule has 0 saturated carbocycles. The minimum absolute atomic E-state index is 0.0560. The second-order valence-electron chi connectivity index (χ2n) is 9.00. The van der Waals surface area contributed by atoms with Gasteiger partial charge in [0.2, 0.25) is 5.92 Å². The number of halogens is 5. The van der Waals surface area contributed by atoms with E-state index in [1.54, 1.807) is 31.2 Å². The molecular weight excluding hydrogens is 527 g/mol. The summed E-state index contributed by atoms with van der Waals surface area (Å²) < 4.78 is 75.6. The number of anilines is 1. The van der Waals surface area contributed by atoms with E-state index in [-0.39, 0.29) is 51.3 Å². The van der Waals surface area contributed by atoms with Crippen LogP contribution in [0.3, 0.4) is 0 Å². The Morgan fingerprint density at radius 3 is 2.15 bits per heavy atom. The highest BCUT2D eigenvalue weighted by molar-refractivity contribution is 5.89. The molecule has 2 rings (SSSR count). The smallest absolute Gasteiger partial charge is 0.416 e. The zero-order valence-corrected chi connectivity index (χ0v) is 21.8. The number of carboxylic acid groups (broad SMARTS) is 1. The van der Waals surface area contributed by atoms with Gasteiger partial charge in [0.15, 0.2) is 6.10 Å². The first-order chi connectivity index (χ1) is 18.3. The van der Waals surface area contributed by atoms with Gasteiger partial charge in [0, 0.05) is 31.7 Å². The fourth-order valence-electron chi connectivity index (χ4n) is 3.63. The van der Waals surface area contributed by atoms with Crippen LogP contribution in [0.1, 0.15) is 44.2 Å². The number of amides is 2. The third-order valence-electron chi connectivity index (χ3n) is 5.66. The van der Waals surface area contributed by atoms with Crippen LogP contribution in [-0.2, 0) is 22.1 Å². The first-order valence-corrected chi connectivity index (χ1v) is 12.5. The molecule has 0 aliphatic rings. The molecule has 0 saturated heterocycles. The predicted octanol–water partition coefficient (Wildman–Crippen LogP) is 6.48. The van der Waals surface area contributed by atoms with Crippen molar-refractivity contribution < 1.29 is 46.1 Å². The number of rotatable bonds is 15. The Labute approximate surface area is 223 Å². The maximum atomic E-state index is 13.1. The van der Waals surface area contributed by atoms with E-state index in [0.717, 1.165) is 36.8 Å². The van der Waals surface area contributed by atoms with Crippen molar-refractivity contribution in [2.24, 2.45) is 0 Å². The van der Waals surface area contributed by atoms with E-state index >= 15 is 0 Å². The van der Waals surface area contributed by atoms with Crippen LogP contribution < -0.4 is 10.1 Å². The molecule has 0 aliphatic carbocycles. The van der Waals surface area contributed by atoms with Gasteiger partial charge in [-0.2, -0.15) is 13.2 Å². The molecule has 216 valence electrons. The summed E-state index contributed by atoms with van der Waals surface area (Å²) in [4.78, 5) is 25.4. The van der Waals surface area contributed by atoms with Crippen molar-refractivity contribution in [3.05, 3.63) is 59.7 Å². The number of hydrogen-bond donors (Lipinski definition) is 2. The number of carbonyl (C=O) groups excluding carboxylic acids is 1. The van der Waals surface area contributed by atoms with Crippen molar-refractivity contribution in [3.8, 4) is 5.75 Å². The average molecular weight is 561 g/mol. The highest BCUT2D eigenvalue weighted by Gasteiger charge is 2.30. The third kappa shape index (κ3) is 11.9. The van der Waals surface area contributed by atoms with Gasteiger partial charge in [-0.05, 0) is 68.7 Å². The molecule has 0 radical (unpaired) electrons. The van der Waals surface area contributed by atoms with Crippen molar-refractivity contribution in [3.63, 3.8) is 0 Å². The molecular formula is C27H33F5N2O5. The van der Waals surface area contributed by atoms with Gasteiger partial charge in [0.1, 0.15) is 12.4 Å². The van der Waals surface area contributed by atoms with Gasteiger partial charge in [-0.3, -0.25) is 0 Å². The summed E-state index contributed by atoms with van der Waals surface area (Å²) in [5.74, 6) is -3.42. The van der Waals surface area contributed by atoms with Crippen molar-refractivity contribution in [2.75, 3.05) is 31.6 Å². The minimum Gasteiger partial charge on any atom is -0.492 e. The molecule has 12 heteroatoms. The number of carboxylic acids is 1. The molecule has 2 amide bonds. The largest absolute Gasteiger partial charge is 0.492 e. The van der Waals surface area contributed by atoms with E-state index in [1.165, 1.54) is 4.90 Å². The molecule has 7 nitrogen and oxygen atoms in total. The van der Waals surface area contributed by atoms with Crippen LogP contribution in [0, 0.1) is 0 Å². The number of aliphatic carboxylic acids is 1. The molecule has 0 heterocycles. The summed E-state index contributed by atoms with van der Waals surface area (Å²) in [6.07, 6.45) is -5.16. The van der Waals surface area contributed by atoms with Crippen LogP contribution in [0.15, 0.2) is 48.5 Å². The normalized spacial score (nSPS) is 12.6. The van der Waals surface area contributed by atoms with Crippen LogP contribution in [0.2, 0.25) is 0 Å². The van der Waals surface area contributed by atoms with E-state index in [9.17, 15) is 36.6 Å². The van der Waals surface area contributed by atoms with E-state index in [4.69, 9.17) is 9.47 Å². The van der Waals surface area contributed by atoms with E-state index in [0.29, 0.717) is 12.2 Å². The molecule has 1 unspecified atom stereocenters. The average Bonchev–Trinajstić information content (AvgIpc) is 2.85. The highest BCUT2D eigenvalue weighted by atomic mass is 19.4. The standard InChI is InChI=1S/C27H33F5N2O5/c1-3-38-23(24(35)36)18-19-6-12-22(13-7-19)39-17-16-34(15-5-4-14-26(2,28)29)25(37)33-21-10-8-20(9-11-21)27(30,31)32/h6-13,23H,3-5,14-18H2,1-2H3,(H,33,37)(H,35,36). The summed E-state index contributed by atoms with van der Waals surface area (Å²) in [6, 6.07) is 10.1. The maximum absolute atomic E-state index is 13.1. The van der Waals surface area contributed by atoms with Crippen LogP contribution in [0.25, 0.3) is 0 Å². The number of carbonyl (C=O) groups is 2. The lowest BCUT2D eigenvalue weighted by atomic mass is 10.1. The molecule has 0 bridgehead atoms. The number of nitrogens with one attached hydrogen (secondary N) is 1. The molecule has 39 heavy (non-hydrogen) atoms. The number of urea groups is 1. The number of alkyl halides is 5. The first kappa shape index (κ1) is 31.8. The number of benzene rings is 2. The van der Waals surface area contributed by atoms with E-state index in [2.05, 4.69) is 5.32 Å². The Morgan fingerprint density at radius 2 is 1.62 bits per heavy atom. The maximum Gasteiger partial charge on any atom is 0.416 e. The molecule has 0 spiro atoms. The fraction of sp³-hybridized carbons (Fsp3) is 0.481. The summed E-state index contributed by atoms with van der Waals surface area (Å²) in [5.41, 5.74) is 0.0310. The molecule has 2 aromatic rings. The highest BCUT2D eigenvalue weighted by Crippen LogP contribution is 2.30. The van der Waals surface area contributed by atoms with Crippen molar-refractivity contribution in [1.82, 2.24) is 4.90 Å². The summed E-state index contributed by atoms with van der Waals surface area (Å²) >= 11 is 0. The zero-order chi connectivity index (χ0) is 29.1. The second-order valence-corrected chi connectivity index (χ2v) is 9.00. The topological polar surface area (TPSA) is 88.1 Å². The molecule has 0 aromatic heterocycles. The Morgan fingerprint density at radius 1 is 0.974 bits per heavy atom. The van der Waals surface area contributed by atoms with Gasteiger partial charge in [0.05, 0.1) is 12.1 Å². The molecule has 2 aromatic carbocycles. The summed E-state index contributed by atoms with van der Waals surface area (Å²) in [7, 11) is 0. The predicted molar refractivity (Wildman–Crippen MR) is 135 cm³/mol. The Bertz CT molecular complexity index is 1040. The Kier molecular flexibility index (Phi) is 12.0. The number of nitrogens with zero attached hydrogens (tertiary/aromatic N) is 1. The first-order valence-electron chi connectivity index (χ1n) is 12.5. The van der Waals surface area contributed by atoms with Crippen molar-refractivity contribution >= 4 is 17.7 Å². The van der Waals surface area contributed by atoms with Gasteiger partial charge in [0.25, 0.3) is 0 Å². The Hall–Kier alpha value is -3.41. The van der Waals surface area contributed by atoms with E-state index < -0.39 is 35.8 Å². The number of ether oxygens (including phenoxy) is 2. The summed E-state index contributed by atoms with van der Waals surface area (Å²) in [6.45, 7) is 3.07. The molecule has 1 atom stereocenters. The van der Waals surface area contributed by atoms with Crippen LogP contribution in [0.5, 0.6) is 5.75 Å². The van der Waals surface area contributed by atoms with Gasteiger partial charge >= 0.3 is 18.2 Å². The Balaban J connectivity index is 1.97.